The van der Waals surface area contributed by atoms with E-state index in [1.165, 1.54) is 0 Å². The maximum absolute atomic E-state index is 13.8. The normalized spacial score (nSPS) is 12.5. The Bertz CT molecular complexity index is 594. The van der Waals surface area contributed by atoms with Gasteiger partial charge in [-0.3, -0.25) is 0 Å². The van der Waals surface area contributed by atoms with Crippen LogP contribution < -0.4 is 5.32 Å². The fourth-order valence-corrected chi connectivity index (χ4v) is 2.90. The first kappa shape index (κ1) is 15.0. The van der Waals surface area contributed by atoms with Crippen LogP contribution in [0.5, 0.6) is 0 Å². The summed E-state index contributed by atoms with van der Waals surface area (Å²) in [5.74, 6) is -0.133. The van der Waals surface area contributed by atoms with Crippen LogP contribution in [0.3, 0.4) is 0 Å². The number of halogens is 2. The van der Waals surface area contributed by atoms with E-state index in [1.807, 2.05) is 38.2 Å². The van der Waals surface area contributed by atoms with Gasteiger partial charge in [0, 0.05) is 5.02 Å². The molecule has 106 valence electrons. The lowest BCUT2D eigenvalue weighted by Gasteiger charge is -2.20. The van der Waals surface area contributed by atoms with E-state index >= 15 is 0 Å². The van der Waals surface area contributed by atoms with Crippen molar-refractivity contribution in [2.75, 3.05) is 7.05 Å². The summed E-state index contributed by atoms with van der Waals surface area (Å²) in [6, 6.07) is 9.76. The molecule has 1 nitrogen and oxygen atoms in total. The molecule has 0 spiro atoms. The molecule has 0 aliphatic rings. The average molecular weight is 292 g/mol. The molecule has 0 amide bonds. The van der Waals surface area contributed by atoms with Gasteiger partial charge in [-0.1, -0.05) is 29.8 Å². The minimum atomic E-state index is -0.133. The van der Waals surface area contributed by atoms with Crippen LogP contribution in [0.4, 0.5) is 4.39 Å². The Morgan fingerprint density at radius 3 is 2.00 bits per heavy atom. The largest absolute Gasteiger partial charge is 0.309 e. The van der Waals surface area contributed by atoms with E-state index in [4.69, 9.17) is 11.6 Å². The van der Waals surface area contributed by atoms with Gasteiger partial charge in [0.25, 0.3) is 0 Å². The zero-order chi connectivity index (χ0) is 14.9. The maximum Gasteiger partial charge on any atom is 0.129 e. The molecule has 0 aliphatic heterocycles. The van der Waals surface area contributed by atoms with Crippen molar-refractivity contribution < 1.29 is 4.39 Å². The Hall–Kier alpha value is -1.38. The zero-order valence-corrected chi connectivity index (χ0v) is 13.0. The Morgan fingerprint density at radius 1 is 0.950 bits per heavy atom. The summed E-state index contributed by atoms with van der Waals surface area (Å²) in [6.07, 6.45) is 0. The van der Waals surface area contributed by atoms with Crippen LogP contribution in [0.1, 0.15) is 33.9 Å². The summed E-state index contributed by atoms with van der Waals surface area (Å²) in [5, 5.41) is 4.00. The highest BCUT2D eigenvalue weighted by Gasteiger charge is 2.15. The highest BCUT2D eigenvalue weighted by atomic mass is 35.5. The molecule has 0 bridgehead atoms. The molecular weight excluding hydrogens is 273 g/mol. The Labute approximate surface area is 124 Å². The number of nitrogens with one attached hydrogen (secondary N) is 1. The van der Waals surface area contributed by atoms with Gasteiger partial charge in [0.1, 0.15) is 5.82 Å². The van der Waals surface area contributed by atoms with Crippen LogP contribution in [0.15, 0.2) is 30.3 Å². The van der Waals surface area contributed by atoms with E-state index in [-0.39, 0.29) is 11.9 Å². The first-order valence-electron chi connectivity index (χ1n) is 6.63. The van der Waals surface area contributed by atoms with Crippen LogP contribution >= 0.6 is 11.6 Å². The second-order valence-electron chi connectivity index (χ2n) is 5.25. The van der Waals surface area contributed by atoms with E-state index in [1.54, 1.807) is 13.8 Å². The molecule has 0 heterocycles. The van der Waals surface area contributed by atoms with Crippen molar-refractivity contribution in [3.8, 4) is 0 Å². The Morgan fingerprint density at radius 2 is 1.50 bits per heavy atom. The van der Waals surface area contributed by atoms with Crippen LogP contribution in [-0.4, -0.2) is 7.05 Å². The molecule has 0 fully saturated rings. The average Bonchev–Trinajstić information content (AvgIpc) is 2.35. The van der Waals surface area contributed by atoms with Gasteiger partial charge in [-0.2, -0.15) is 0 Å². The second kappa shape index (κ2) is 5.94. The van der Waals surface area contributed by atoms with Crippen molar-refractivity contribution in [1.82, 2.24) is 5.32 Å². The summed E-state index contributed by atoms with van der Waals surface area (Å²) < 4.78 is 13.8. The number of benzene rings is 2. The summed E-state index contributed by atoms with van der Waals surface area (Å²) in [6.45, 7) is 5.60. The topological polar surface area (TPSA) is 12.0 Å². The maximum atomic E-state index is 13.8. The van der Waals surface area contributed by atoms with Gasteiger partial charge in [-0.15, -0.1) is 0 Å². The zero-order valence-electron chi connectivity index (χ0n) is 12.2. The Kier molecular flexibility index (Phi) is 4.46. The number of hydrogen-bond donors (Lipinski definition) is 1. The highest BCUT2D eigenvalue weighted by Crippen LogP contribution is 2.28. The molecule has 0 radical (unpaired) electrons. The fourth-order valence-electron chi connectivity index (χ4n) is 2.60. The quantitative estimate of drug-likeness (QED) is 0.863. The Balaban J connectivity index is 2.52. The smallest absolute Gasteiger partial charge is 0.129 e. The molecule has 2 aromatic carbocycles. The monoisotopic (exact) mass is 291 g/mol. The molecule has 1 atom stereocenters. The van der Waals surface area contributed by atoms with E-state index in [0.29, 0.717) is 11.1 Å². The molecule has 0 aromatic heterocycles. The SMILES string of the molecule is CNC(c1cc(C)cc(Cl)c1)c1cc(C)c(F)c(C)c1. The fraction of sp³-hybridized carbons (Fsp3) is 0.294. The lowest BCUT2D eigenvalue weighted by Crippen LogP contribution is -2.18. The minimum Gasteiger partial charge on any atom is -0.309 e. The van der Waals surface area contributed by atoms with Gasteiger partial charge in [-0.25, -0.2) is 4.39 Å². The third-order valence-corrected chi connectivity index (χ3v) is 3.70. The van der Waals surface area contributed by atoms with Crippen LogP contribution in [-0.2, 0) is 0 Å². The van der Waals surface area contributed by atoms with Crippen molar-refractivity contribution in [3.63, 3.8) is 0 Å². The molecular formula is C17H19ClFN. The molecule has 20 heavy (non-hydrogen) atoms. The molecule has 0 saturated carbocycles. The second-order valence-corrected chi connectivity index (χ2v) is 5.69. The molecule has 3 heteroatoms. The van der Waals surface area contributed by atoms with Gasteiger partial charge in [0.2, 0.25) is 0 Å². The first-order valence-corrected chi connectivity index (χ1v) is 7.01. The third kappa shape index (κ3) is 3.02. The lowest BCUT2D eigenvalue weighted by atomic mass is 9.94. The van der Waals surface area contributed by atoms with Crippen molar-refractivity contribution in [2.24, 2.45) is 0 Å². The summed E-state index contributed by atoms with van der Waals surface area (Å²) in [4.78, 5) is 0. The van der Waals surface area contributed by atoms with E-state index in [9.17, 15) is 4.39 Å². The van der Waals surface area contributed by atoms with E-state index in [0.717, 1.165) is 21.7 Å². The van der Waals surface area contributed by atoms with Gasteiger partial charge in [0.15, 0.2) is 0 Å². The van der Waals surface area contributed by atoms with Crippen molar-refractivity contribution >= 4 is 11.6 Å². The van der Waals surface area contributed by atoms with Crippen LogP contribution in [0, 0.1) is 26.6 Å². The van der Waals surface area contributed by atoms with Crippen LogP contribution in [0.25, 0.3) is 0 Å². The van der Waals surface area contributed by atoms with Crippen molar-refractivity contribution in [3.05, 3.63) is 69.0 Å². The molecule has 1 N–H and O–H groups in total. The number of hydrogen-bond acceptors (Lipinski definition) is 1. The molecule has 1 unspecified atom stereocenters. The number of aryl methyl sites for hydroxylation is 3. The predicted octanol–water partition coefficient (Wildman–Crippen LogP) is 4.71. The molecule has 0 saturated heterocycles. The van der Waals surface area contributed by atoms with Gasteiger partial charge >= 0.3 is 0 Å². The first-order chi connectivity index (χ1) is 9.42. The van der Waals surface area contributed by atoms with Gasteiger partial charge in [-0.05, 0) is 67.8 Å². The predicted molar refractivity (Wildman–Crippen MR) is 83.0 cm³/mol. The van der Waals surface area contributed by atoms with Gasteiger partial charge < -0.3 is 5.32 Å². The summed E-state index contributed by atoms with van der Waals surface area (Å²) >= 11 is 6.14. The lowest BCUT2D eigenvalue weighted by molar-refractivity contribution is 0.604. The molecule has 0 aliphatic carbocycles. The van der Waals surface area contributed by atoms with E-state index < -0.39 is 0 Å². The number of rotatable bonds is 3. The third-order valence-electron chi connectivity index (χ3n) is 3.48. The van der Waals surface area contributed by atoms with Crippen molar-refractivity contribution in [2.45, 2.75) is 26.8 Å². The summed E-state index contributed by atoms with van der Waals surface area (Å²) in [7, 11) is 1.90. The minimum absolute atomic E-state index is 0.00500. The molecule has 2 aromatic rings. The van der Waals surface area contributed by atoms with Gasteiger partial charge in [0.05, 0.1) is 6.04 Å². The summed E-state index contributed by atoms with van der Waals surface area (Å²) in [5.41, 5.74) is 4.58. The van der Waals surface area contributed by atoms with Crippen molar-refractivity contribution in [1.29, 1.82) is 0 Å². The standard InChI is InChI=1S/C17H19ClFN/c1-10-5-13(9-15(18)6-10)17(20-4)14-7-11(2)16(19)12(3)8-14/h5-9,17,20H,1-4H3. The van der Waals surface area contributed by atoms with E-state index in [2.05, 4.69) is 11.4 Å². The van der Waals surface area contributed by atoms with Crippen LogP contribution in [0.2, 0.25) is 5.02 Å². The molecule has 2 rings (SSSR count). The highest BCUT2D eigenvalue weighted by molar-refractivity contribution is 6.30.